The maximum Gasteiger partial charge on any atom is 0.0823 e. The van der Waals surface area contributed by atoms with Gasteiger partial charge in [-0.2, -0.15) is 0 Å². The lowest BCUT2D eigenvalue weighted by molar-refractivity contribution is 0.589. The van der Waals surface area contributed by atoms with E-state index in [1.165, 1.54) is 11.1 Å². The first-order valence-electron chi connectivity index (χ1n) is 7.10. The molecule has 1 N–H and O–H groups in total. The molecule has 0 aliphatic rings. The second-order valence-electron chi connectivity index (χ2n) is 6.34. The van der Waals surface area contributed by atoms with Gasteiger partial charge in [0.25, 0.3) is 0 Å². The van der Waals surface area contributed by atoms with Crippen LogP contribution in [-0.2, 0) is 5.41 Å². The summed E-state index contributed by atoms with van der Waals surface area (Å²) in [6.07, 6.45) is 0. The van der Waals surface area contributed by atoms with Crippen LogP contribution in [0.15, 0.2) is 42.5 Å². The Morgan fingerprint density at radius 3 is 2.14 bits per heavy atom. The Bertz CT molecular complexity index is 612. The Labute approximate surface area is 137 Å². The van der Waals surface area contributed by atoms with Crippen molar-refractivity contribution in [1.29, 1.82) is 0 Å². The molecule has 2 aromatic carbocycles. The highest BCUT2D eigenvalue weighted by Gasteiger charge is 2.14. The van der Waals surface area contributed by atoms with Crippen LogP contribution in [0.2, 0.25) is 10.0 Å². The first-order valence-corrected chi connectivity index (χ1v) is 7.85. The quantitative estimate of drug-likeness (QED) is 0.683. The molecule has 0 saturated carbocycles. The van der Waals surface area contributed by atoms with E-state index in [0.29, 0.717) is 10.0 Å². The monoisotopic (exact) mass is 321 g/mol. The molecular formula is C18H21Cl2N. The van der Waals surface area contributed by atoms with Crippen LogP contribution in [0.25, 0.3) is 0 Å². The summed E-state index contributed by atoms with van der Waals surface area (Å²) >= 11 is 12.3. The highest BCUT2D eigenvalue weighted by Crippen LogP contribution is 2.32. The lowest BCUT2D eigenvalue weighted by atomic mass is 9.86. The van der Waals surface area contributed by atoms with Gasteiger partial charge >= 0.3 is 0 Å². The summed E-state index contributed by atoms with van der Waals surface area (Å²) in [5.41, 5.74) is 3.58. The molecule has 2 aromatic rings. The Balaban J connectivity index is 2.17. The van der Waals surface area contributed by atoms with E-state index in [1.54, 1.807) is 6.07 Å². The van der Waals surface area contributed by atoms with Crippen molar-refractivity contribution < 1.29 is 0 Å². The van der Waals surface area contributed by atoms with Crippen LogP contribution in [0.4, 0.5) is 5.69 Å². The lowest BCUT2D eigenvalue weighted by Crippen LogP contribution is -2.12. The smallest absolute Gasteiger partial charge is 0.0823 e. The predicted octanol–water partition coefficient (Wildman–Crippen LogP) is 6.46. The predicted molar refractivity (Wildman–Crippen MR) is 93.6 cm³/mol. The molecule has 1 nitrogen and oxygen atoms in total. The van der Waals surface area contributed by atoms with E-state index in [4.69, 9.17) is 23.2 Å². The van der Waals surface area contributed by atoms with Gasteiger partial charge in [-0.15, -0.1) is 0 Å². The maximum atomic E-state index is 6.22. The average Bonchev–Trinajstić information content (AvgIpc) is 2.43. The summed E-state index contributed by atoms with van der Waals surface area (Å²) in [4.78, 5) is 0. The normalized spacial score (nSPS) is 13.0. The van der Waals surface area contributed by atoms with Gasteiger partial charge in [-0.1, -0.05) is 74.3 Å². The summed E-state index contributed by atoms with van der Waals surface area (Å²) in [7, 11) is 0. The minimum absolute atomic E-state index is 0.162. The molecule has 112 valence electrons. The highest BCUT2D eigenvalue weighted by molar-refractivity contribution is 6.43. The van der Waals surface area contributed by atoms with Crippen molar-refractivity contribution in [3.63, 3.8) is 0 Å². The number of rotatable bonds is 3. The third kappa shape index (κ3) is 3.93. The van der Waals surface area contributed by atoms with Gasteiger partial charge in [-0.3, -0.25) is 0 Å². The standard InChI is InChI=1S/C18H21Cl2N/c1-12(21-16-7-5-6-15(19)17(16)20)13-8-10-14(11-9-13)18(2,3)4/h5-12,21H,1-4H3. The SMILES string of the molecule is CC(Nc1cccc(Cl)c1Cl)c1ccc(C(C)(C)C)cc1. The fraction of sp³-hybridized carbons (Fsp3) is 0.333. The zero-order chi connectivity index (χ0) is 15.6. The fourth-order valence-electron chi connectivity index (χ4n) is 2.20. The average molecular weight is 322 g/mol. The summed E-state index contributed by atoms with van der Waals surface area (Å²) in [6.45, 7) is 8.77. The van der Waals surface area contributed by atoms with E-state index in [-0.39, 0.29) is 11.5 Å². The second kappa shape index (κ2) is 6.29. The molecule has 21 heavy (non-hydrogen) atoms. The molecule has 0 aliphatic heterocycles. The third-order valence-electron chi connectivity index (χ3n) is 3.60. The minimum atomic E-state index is 0.162. The lowest BCUT2D eigenvalue weighted by Gasteiger charge is -2.21. The third-order valence-corrected chi connectivity index (χ3v) is 4.42. The van der Waals surface area contributed by atoms with Crippen LogP contribution in [0.3, 0.4) is 0 Å². The van der Waals surface area contributed by atoms with Gasteiger partial charge < -0.3 is 5.32 Å². The molecule has 3 heteroatoms. The zero-order valence-electron chi connectivity index (χ0n) is 12.9. The molecule has 0 amide bonds. The van der Waals surface area contributed by atoms with Crippen LogP contribution in [-0.4, -0.2) is 0 Å². The largest absolute Gasteiger partial charge is 0.377 e. The molecule has 2 rings (SSSR count). The Morgan fingerprint density at radius 1 is 0.952 bits per heavy atom. The van der Waals surface area contributed by atoms with Gasteiger partial charge in [0.2, 0.25) is 0 Å². The number of nitrogens with one attached hydrogen (secondary N) is 1. The van der Waals surface area contributed by atoms with Crippen molar-refractivity contribution >= 4 is 28.9 Å². The number of benzene rings is 2. The van der Waals surface area contributed by atoms with Gasteiger partial charge in [-0.25, -0.2) is 0 Å². The van der Waals surface area contributed by atoms with Crippen molar-refractivity contribution in [1.82, 2.24) is 0 Å². The second-order valence-corrected chi connectivity index (χ2v) is 7.12. The molecule has 0 radical (unpaired) electrons. The van der Waals surface area contributed by atoms with Crippen LogP contribution < -0.4 is 5.32 Å². The molecule has 0 aromatic heterocycles. The van der Waals surface area contributed by atoms with Gasteiger partial charge in [0.15, 0.2) is 0 Å². The minimum Gasteiger partial charge on any atom is -0.377 e. The van der Waals surface area contributed by atoms with Gasteiger partial charge in [-0.05, 0) is 35.6 Å². The first kappa shape index (κ1) is 16.2. The van der Waals surface area contributed by atoms with Crippen molar-refractivity contribution in [2.75, 3.05) is 5.32 Å². The zero-order valence-corrected chi connectivity index (χ0v) is 14.4. The van der Waals surface area contributed by atoms with E-state index < -0.39 is 0 Å². The van der Waals surface area contributed by atoms with Crippen LogP contribution in [0, 0.1) is 0 Å². The van der Waals surface area contributed by atoms with Crippen LogP contribution in [0.1, 0.15) is 44.9 Å². The van der Waals surface area contributed by atoms with Gasteiger partial charge in [0, 0.05) is 6.04 Å². The van der Waals surface area contributed by atoms with E-state index in [2.05, 4.69) is 57.3 Å². The van der Waals surface area contributed by atoms with E-state index >= 15 is 0 Å². The summed E-state index contributed by atoms with van der Waals surface area (Å²) in [5, 5.41) is 4.54. The van der Waals surface area contributed by atoms with Crippen molar-refractivity contribution in [3.8, 4) is 0 Å². The maximum absolute atomic E-state index is 6.22. The van der Waals surface area contributed by atoms with Gasteiger partial charge in [0.1, 0.15) is 0 Å². The molecule has 0 spiro atoms. The van der Waals surface area contributed by atoms with Crippen molar-refractivity contribution in [2.24, 2.45) is 0 Å². The first-order chi connectivity index (χ1) is 9.79. The summed E-state index contributed by atoms with van der Waals surface area (Å²) in [6, 6.07) is 14.5. The molecule has 0 bridgehead atoms. The van der Waals surface area contributed by atoms with Crippen molar-refractivity contribution in [2.45, 2.75) is 39.2 Å². The molecular weight excluding hydrogens is 301 g/mol. The molecule has 0 saturated heterocycles. The number of hydrogen-bond donors (Lipinski definition) is 1. The molecule has 0 fully saturated rings. The topological polar surface area (TPSA) is 12.0 Å². The molecule has 0 heterocycles. The fourth-order valence-corrected chi connectivity index (χ4v) is 2.56. The van der Waals surface area contributed by atoms with Crippen LogP contribution in [0.5, 0.6) is 0 Å². The molecule has 0 aliphatic carbocycles. The number of hydrogen-bond acceptors (Lipinski definition) is 1. The summed E-state index contributed by atoms with van der Waals surface area (Å²) < 4.78 is 0. The Morgan fingerprint density at radius 2 is 1.57 bits per heavy atom. The van der Waals surface area contributed by atoms with E-state index in [9.17, 15) is 0 Å². The van der Waals surface area contributed by atoms with E-state index in [0.717, 1.165) is 5.69 Å². The Kier molecular flexibility index (Phi) is 4.85. The molecule has 1 unspecified atom stereocenters. The van der Waals surface area contributed by atoms with E-state index in [1.807, 2.05) is 12.1 Å². The summed E-state index contributed by atoms with van der Waals surface area (Å²) in [5.74, 6) is 0. The number of halogens is 2. The van der Waals surface area contributed by atoms with Crippen LogP contribution >= 0.6 is 23.2 Å². The Hall–Kier alpha value is -1.18. The van der Waals surface area contributed by atoms with Crippen molar-refractivity contribution in [3.05, 3.63) is 63.6 Å². The molecule has 1 atom stereocenters. The number of anilines is 1. The van der Waals surface area contributed by atoms with Gasteiger partial charge in [0.05, 0.1) is 15.7 Å². The highest BCUT2D eigenvalue weighted by atomic mass is 35.5.